The summed E-state index contributed by atoms with van der Waals surface area (Å²) < 4.78 is 18.2. The summed E-state index contributed by atoms with van der Waals surface area (Å²) in [7, 11) is 0. The van der Waals surface area contributed by atoms with Crippen LogP contribution in [0, 0.1) is 0 Å². The van der Waals surface area contributed by atoms with E-state index in [0.29, 0.717) is 0 Å². The smallest absolute Gasteiger partial charge is 0.260 e. The predicted octanol–water partition coefficient (Wildman–Crippen LogP) is 8.61. The molecule has 47 heavy (non-hydrogen) atoms. The second-order valence-electron chi connectivity index (χ2n) is 12.5. The number of nitrogens with zero attached hydrogens (tertiary/aromatic N) is 2. The van der Waals surface area contributed by atoms with Crippen LogP contribution >= 0.6 is 0 Å². The Bertz CT molecular complexity index is 2690. The van der Waals surface area contributed by atoms with Crippen molar-refractivity contribution in [2.24, 2.45) is 0 Å². The normalized spacial score (nSPS) is 13.0. The number of hydrogen-bond donors (Lipinski definition) is 0. The van der Waals surface area contributed by atoms with Crippen molar-refractivity contribution in [1.29, 1.82) is 0 Å². The zero-order chi connectivity index (χ0) is 30.6. The second-order valence-corrected chi connectivity index (χ2v) is 12.5. The summed E-state index contributed by atoms with van der Waals surface area (Å²) in [4.78, 5) is 0. The van der Waals surface area contributed by atoms with Gasteiger partial charge < -0.3 is 18.6 Å². The molecule has 0 saturated carbocycles. The molecule has 0 saturated heterocycles. The molecule has 0 fully saturated rings. The van der Waals surface area contributed by atoms with Gasteiger partial charge in [-0.25, -0.2) is 0 Å². The summed E-state index contributed by atoms with van der Waals surface area (Å²) in [6.07, 6.45) is 0. The number of aromatic nitrogens is 2. The monoisotopic (exact) mass is 600 g/mol. The Balaban J connectivity index is 1.27. The Morgan fingerprint density at radius 1 is 0.404 bits per heavy atom. The van der Waals surface area contributed by atoms with Crippen molar-refractivity contribution in [2.75, 3.05) is 0 Å². The molecule has 0 aliphatic carbocycles. The molecule has 11 rings (SSSR count). The van der Waals surface area contributed by atoms with E-state index in [0.717, 1.165) is 56.3 Å². The van der Waals surface area contributed by atoms with Crippen LogP contribution in [0.5, 0.6) is 23.0 Å². The molecule has 2 aliphatic heterocycles. The Morgan fingerprint density at radius 3 is 1.68 bits per heavy atom. The maximum atomic E-state index is 6.72. The van der Waals surface area contributed by atoms with Crippen molar-refractivity contribution in [1.82, 2.24) is 9.13 Å². The van der Waals surface area contributed by atoms with Crippen LogP contribution < -0.4 is 25.9 Å². The van der Waals surface area contributed by atoms with Crippen LogP contribution in [0.1, 0.15) is 0 Å². The van der Waals surface area contributed by atoms with Crippen LogP contribution in [0.15, 0.2) is 152 Å². The van der Waals surface area contributed by atoms with Gasteiger partial charge in [0, 0.05) is 44.8 Å². The third-order valence-electron chi connectivity index (χ3n) is 10.0. The standard InChI is InChI=1S/C42H25BN2O2/c1-2-12-26(13-3-1)44-34-19-9-5-15-30(34)40-35(44)23-22-29-28-14-4-8-18-33(28)45(42(29)40)27-24-38-41-39(25-27)47-37-21-11-7-17-32(37)43(41)31-16-6-10-20-36(31)46-38/h1-25H. The summed E-state index contributed by atoms with van der Waals surface area (Å²) in [6.45, 7) is 0.0395. The predicted molar refractivity (Wildman–Crippen MR) is 193 cm³/mol. The van der Waals surface area contributed by atoms with Gasteiger partial charge in [-0.05, 0) is 53.4 Å². The van der Waals surface area contributed by atoms with Crippen LogP contribution in [-0.4, -0.2) is 15.8 Å². The zero-order valence-electron chi connectivity index (χ0n) is 25.2. The average Bonchev–Trinajstić information content (AvgIpc) is 3.64. The molecule has 0 radical (unpaired) electrons. The SMILES string of the molecule is c1ccc(-n2c3ccccc3c3c2ccc2c4ccccc4n(-c4cc5c6c(c4)Oc4ccccc4B6c4ccccc4O5)c23)cc1. The van der Waals surface area contributed by atoms with Gasteiger partial charge >= 0.3 is 0 Å². The van der Waals surface area contributed by atoms with Gasteiger partial charge in [0.1, 0.15) is 23.0 Å². The highest BCUT2D eigenvalue weighted by Crippen LogP contribution is 2.44. The molecular weight excluding hydrogens is 575 g/mol. The number of rotatable bonds is 2. The minimum Gasteiger partial charge on any atom is -0.458 e. The fourth-order valence-corrected chi connectivity index (χ4v) is 8.14. The highest BCUT2D eigenvalue weighted by atomic mass is 16.5. The van der Waals surface area contributed by atoms with E-state index in [4.69, 9.17) is 9.47 Å². The number of fused-ring (bicyclic) bond motifs is 11. The molecule has 2 aliphatic rings. The molecule has 0 amide bonds. The first kappa shape index (κ1) is 25.0. The lowest BCUT2D eigenvalue weighted by atomic mass is 9.35. The van der Waals surface area contributed by atoms with E-state index in [1.165, 1.54) is 38.1 Å². The third-order valence-corrected chi connectivity index (χ3v) is 10.0. The number of para-hydroxylation sites is 5. The van der Waals surface area contributed by atoms with Crippen LogP contribution in [0.3, 0.4) is 0 Å². The van der Waals surface area contributed by atoms with Crippen LogP contribution in [0.25, 0.3) is 55.0 Å². The molecule has 218 valence electrons. The first-order valence-corrected chi connectivity index (χ1v) is 16.1. The van der Waals surface area contributed by atoms with E-state index in [-0.39, 0.29) is 6.71 Å². The molecule has 0 bridgehead atoms. The molecule has 9 aromatic rings. The number of hydrogen-bond acceptors (Lipinski definition) is 2. The maximum Gasteiger partial charge on any atom is 0.260 e. The van der Waals surface area contributed by atoms with Crippen molar-refractivity contribution in [3.63, 3.8) is 0 Å². The minimum absolute atomic E-state index is 0.0395. The second kappa shape index (κ2) is 9.18. The molecule has 4 nitrogen and oxygen atoms in total. The summed E-state index contributed by atoms with van der Waals surface area (Å²) in [5.74, 6) is 3.45. The summed E-state index contributed by atoms with van der Waals surface area (Å²) in [5, 5.41) is 4.86. The maximum absolute atomic E-state index is 6.72. The van der Waals surface area contributed by atoms with Crippen molar-refractivity contribution in [3.8, 4) is 34.4 Å². The molecule has 7 aromatic carbocycles. The topological polar surface area (TPSA) is 28.3 Å². The highest BCUT2D eigenvalue weighted by Gasteiger charge is 2.40. The first-order chi connectivity index (χ1) is 23.3. The Kier molecular flexibility index (Phi) is 4.89. The minimum atomic E-state index is 0.0395. The quantitative estimate of drug-likeness (QED) is 0.186. The Hall–Kier alpha value is -6.20. The molecule has 0 unspecified atom stereocenters. The molecule has 0 spiro atoms. The molecular formula is C42H25BN2O2. The molecule has 4 heterocycles. The van der Waals surface area contributed by atoms with Crippen molar-refractivity contribution < 1.29 is 9.47 Å². The van der Waals surface area contributed by atoms with Crippen LogP contribution in [0.4, 0.5) is 0 Å². The van der Waals surface area contributed by atoms with Gasteiger partial charge in [0.25, 0.3) is 6.71 Å². The van der Waals surface area contributed by atoms with Crippen molar-refractivity contribution in [2.45, 2.75) is 0 Å². The van der Waals surface area contributed by atoms with Gasteiger partial charge in [-0.2, -0.15) is 0 Å². The van der Waals surface area contributed by atoms with E-state index >= 15 is 0 Å². The number of benzene rings is 7. The van der Waals surface area contributed by atoms with E-state index in [2.05, 4.69) is 149 Å². The van der Waals surface area contributed by atoms with Gasteiger partial charge in [0.15, 0.2) is 0 Å². The fraction of sp³-hybridized carbons (Fsp3) is 0. The average molecular weight is 600 g/mol. The van der Waals surface area contributed by atoms with E-state index < -0.39 is 0 Å². The Morgan fingerprint density at radius 2 is 0.979 bits per heavy atom. The van der Waals surface area contributed by atoms with Crippen molar-refractivity contribution >= 4 is 66.7 Å². The highest BCUT2D eigenvalue weighted by molar-refractivity contribution is 6.98. The lowest BCUT2D eigenvalue weighted by Crippen LogP contribution is -2.57. The number of ether oxygens (including phenoxy) is 2. The largest absolute Gasteiger partial charge is 0.458 e. The molecule has 0 N–H and O–H groups in total. The first-order valence-electron chi connectivity index (χ1n) is 16.1. The fourth-order valence-electron chi connectivity index (χ4n) is 8.14. The van der Waals surface area contributed by atoms with E-state index in [1.807, 2.05) is 12.1 Å². The zero-order valence-corrected chi connectivity index (χ0v) is 25.2. The van der Waals surface area contributed by atoms with E-state index in [9.17, 15) is 0 Å². The van der Waals surface area contributed by atoms with E-state index in [1.54, 1.807) is 0 Å². The van der Waals surface area contributed by atoms with Gasteiger partial charge in [0.05, 0.1) is 27.8 Å². The van der Waals surface area contributed by atoms with Crippen molar-refractivity contribution in [3.05, 3.63) is 152 Å². The summed E-state index contributed by atoms with van der Waals surface area (Å²) in [5.41, 5.74) is 10.2. The lowest BCUT2D eigenvalue weighted by molar-refractivity contribution is 0.464. The molecule has 5 heteroatoms. The molecule has 2 aromatic heterocycles. The van der Waals surface area contributed by atoms with Crippen LogP contribution in [-0.2, 0) is 0 Å². The summed E-state index contributed by atoms with van der Waals surface area (Å²) in [6, 6.07) is 53.9. The molecule has 0 atom stereocenters. The van der Waals surface area contributed by atoms with Crippen LogP contribution in [0.2, 0.25) is 0 Å². The van der Waals surface area contributed by atoms with Gasteiger partial charge in [-0.3, -0.25) is 0 Å². The van der Waals surface area contributed by atoms with Gasteiger partial charge in [-0.15, -0.1) is 0 Å². The lowest BCUT2D eigenvalue weighted by Gasteiger charge is -2.33. The Labute approximate surface area is 270 Å². The van der Waals surface area contributed by atoms with Gasteiger partial charge in [0.2, 0.25) is 0 Å². The third kappa shape index (κ3) is 3.32. The summed E-state index contributed by atoms with van der Waals surface area (Å²) >= 11 is 0. The van der Waals surface area contributed by atoms with Gasteiger partial charge in [-0.1, -0.05) is 97.1 Å².